The molecule has 2 heterocycles. The molecule has 3 rings (SSSR count). The summed E-state index contributed by atoms with van der Waals surface area (Å²) in [4.78, 5) is 28.9. The number of amides is 2. The summed E-state index contributed by atoms with van der Waals surface area (Å²) in [6, 6.07) is 6.99. The number of anilines is 2. The number of carbonyl (C=O) groups excluding carboxylic acids is 2. The maximum Gasteiger partial charge on any atom is 0.284 e. The van der Waals surface area contributed by atoms with E-state index in [0.717, 1.165) is 11.0 Å². The number of halogens is 1. The summed E-state index contributed by atoms with van der Waals surface area (Å²) in [5.41, 5.74) is 5.61. The predicted molar refractivity (Wildman–Crippen MR) is 66.2 cm³/mol. The minimum atomic E-state index is -0.727. The lowest BCUT2D eigenvalue weighted by atomic mass is 10.2. The third kappa shape index (κ3) is 1.50. The van der Waals surface area contributed by atoms with Crippen LogP contribution in [-0.4, -0.2) is 16.8 Å². The highest BCUT2D eigenvalue weighted by molar-refractivity contribution is 6.34. The zero-order valence-electron chi connectivity index (χ0n) is 9.63. The van der Waals surface area contributed by atoms with Crippen LogP contribution in [0.4, 0.5) is 15.8 Å². The van der Waals surface area contributed by atoms with Gasteiger partial charge in [0.15, 0.2) is 0 Å². The van der Waals surface area contributed by atoms with Crippen molar-refractivity contribution < 1.29 is 14.0 Å². The third-order valence-corrected chi connectivity index (χ3v) is 2.89. The zero-order valence-corrected chi connectivity index (χ0v) is 9.63. The number of nitrogens with zero attached hydrogens (tertiary/aromatic N) is 2. The van der Waals surface area contributed by atoms with Gasteiger partial charge in [-0.2, -0.15) is 0 Å². The lowest BCUT2D eigenvalue weighted by Crippen LogP contribution is -2.31. The number of hydrogen-bond acceptors (Lipinski definition) is 4. The lowest BCUT2D eigenvalue weighted by Gasteiger charge is -2.16. The molecule has 1 aliphatic rings. The number of nitrogen functional groups attached to an aromatic ring is 1. The summed E-state index contributed by atoms with van der Waals surface area (Å²) in [5.74, 6) is -2.02. The number of rotatable bonds is 1. The summed E-state index contributed by atoms with van der Waals surface area (Å²) >= 11 is 0. The van der Waals surface area contributed by atoms with Crippen LogP contribution in [0.1, 0.15) is 20.8 Å². The highest BCUT2D eigenvalue weighted by Crippen LogP contribution is 2.33. The molecule has 0 unspecified atom stereocenters. The van der Waals surface area contributed by atoms with Crippen LogP contribution >= 0.6 is 0 Å². The smallest absolute Gasteiger partial charge is 0.284 e. The first kappa shape index (κ1) is 11.3. The Kier molecular flexibility index (Phi) is 2.31. The van der Waals surface area contributed by atoms with Gasteiger partial charge in [-0.3, -0.25) is 14.6 Å². The first-order valence-electron chi connectivity index (χ1n) is 5.49. The molecule has 19 heavy (non-hydrogen) atoms. The van der Waals surface area contributed by atoms with E-state index in [0.29, 0.717) is 0 Å². The Morgan fingerprint density at radius 1 is 1.11 bits per heavy atom. The van der Waals surface area contributed by atoms with Crippen molar-refractivity contribution >= 4 is 23.2 Å². The average Bonchev–Trinajstić information content (AvgIpc) is 2.64. The van der Waals surface area contributed by atoms with E-state index in [-0.39, 0.29) is 22.6 Å². The number of para-hydroxylation sites is 1. The molecule has 2 amide bonds. The SMILES string of the molecule is Nc1cccc(F)c1N1C(=O)c2cccnc2C1=O. The first-order valence-corrected chi connectivity index (χ1v) is 5.49. The largest absolute Gasteiger partial charge is 0.397 e. The number of aromatic nitrogens is 1. The molecule has 1 aromatic heterocycles. The number of fused-ring (bicyclic) bond motifs is 1. The van der Waals surface area contributed by atoms with Crippen molar-refractivity contribution in [2.45, 2.75) is 0 Å². The second-order valence-corrected chi connectivity index (χ2v) is 4.02. The molecule has 0 saturated carbocycles. The van der Waals surface area contributed by atoms with Gasteiger partial charge in [-0.15, -0.1) is 0 Å². The molecule has 6 heteroatoms. The molecule has 2 aromatic rings. The summed E-state index contributed by atoms with van der Waals surface area (Å²) in [7, 11) is 0. The van der Waals surface area contributed by atoms with Crippen molar-refractivity contribution in [3.05, 3.63) is 53.6 Å². The Balaban J connectivity index is 2.20. The van der Waals surface area contributed by atoms with Gasteiger partial charge in [0.25, 0.3) is 11.8 Å². The van der Waals surface area contributed by atoms with Crippen LogP contribution in [0.25, 0.3) is 0 Å². The number of benzene rings is 1. The van der Waals surface area contributed by atoms with Crippen LogP contribution in [0.15, 0.2) is 36.5 Å². The molecule has 0 aliphatic carbocycles. The molecule has 0 bridgehead atoms. The van der Waals surface area contributed by atoms with Gasteiger partial charge in [-0.1, -0.05) is 6.07 Å². The summed E-state index contributed by atoms with van der Waals surface area (Å²) in [5, 5.41) is 0. The fraction of sp³-hybridized carbons (Fsp3) is 0. The second-order valence-electron chi connectivity index (χ2n) is 4.02. The molecule has 1 aromatic carbocycles. The summed E-state index contributed by atoms with van der Waals surface area (Å²) in [6.07, 6.45) is 1.40. The Labute approximate surface area is 107 Å². The van der Waals surface area contributed by atoms with Crippen LogP contribution in [0.2, 0.25) is 0 Å². The molecule has 1 aliphatic heterocycles. The molecule has 5 nitrogen and oxygen atoms in total. The van der Waals surface area contributed by atoms with E-state index in [9.17, 15) is 14.0 Å². The van der Waals surface area contributed by atoms with Crippen molar-refractivity contribution in [2.24, 2.45) is 0 Å². The minimum absolute atomic E-state index is 0.00940. The van der Waals surface area contributed by atoms with Crippen LogP contribution in [0, 0.1) is 5.82 Å². The van der Waals surface area contributed by atoms with Gasteiger partial charge in [-0.25, -0.2) is 9.29 Å². The van der Waals surface area contributed by atoms with Crippen molar-refractivity contribution in [1.29, 1.82) is 0 Å². The topological polar surface area (TPSA) is 76.3 Å². The average molecular weight is 257 g/mol. The van der Waals surface area contributed by atoms with Gasteiger partial charge >= 0.3 is 0 Å². The maximum atomic E-state index is 13.8. The van der Waals surface area contributed by atoms with Crippen molar-refractivity contribution in [3.63, 3.8) is 0 Å². The van der Waals surface area contributed by atoms with Gasteiger partial charge in [0.05, 0.1) is 11.3 Å². The van der Waals surface area contributed by atoms with Crippen LogP contribution in [0.5, 0.6) is 0 Å². The monoisotopic (exact) mass is 257 g/mol. The predicted octanol–water partition coefficient (Wildman–Crippen LogP) is 1.60. The molecule has 0 fully saturated rings. The number of nitrogens with two attached hydrogens (primary N) is 1. The van der Waals surface area contributed by atoms with Crippen molar-refractivity contribution in [3.8, 4) is 0 Å². The summed E-state index contributed by atoms with van der Waals surface area (Å²) < 4.78 is 13.8. The molecule has 94 valence electrons. The van der Waals surface area contributed by atoms with Crippen molar-refractivity contribution in [2.75, 3.05) is 10.6 Å². The van der Waals surface area contributed by atoms with E-state index in [1.54, 1.807) is 0 Å². The van der Waals surface area contributed by atoms with E-state index < -0.39 is 17.6 Å². The molecule has 0 radical (unpaired) electrons. The van der Waals surface area contributed by atoms with Crippen LogP contribution in [0.3, 0.4) is 0 Å². The van der Waals surface area contributed by atoms with E-state index in [1.165, 1.54) is 30.5 Å². The van der Waals surface area contributed by atoms with E-state index in [2.05, 4.69) is 4.98 Å². The van der Waals surface area contributed by atoms with E-state index in [4.69, 9.17) is 5.73 Å². The lowest BCUT2D eigenvalue weighted by molar-refractivity contribution is 0.0923. The van der Waals surface area contributed by atoms with Crippen LogP contribution < -0.4 is 10.6 Å². The van der Waals surface area contributed by atoms with Crippen LogP contribution in [-0.2, 0) is 0 Å². The fourth-order valence-corrected chi connectivity index (χ4v) is 2.04. The van der Waals surface area contributed by atoms with Gasteiger partial charge in [0, 0.05) is 6.20 Å². The highest BCUT2D eigenvalue weighted by atomic mass is 19.1. The Hall–Kier alpha value is -2.76. The third-order valence-electron chi connectivity index (χ3n) is 2.89. The number of imide groups is 1. The van der Waals surface area contributed by atoms with E-state index in [1.807, 2.05) is 0 Å². The number of pyridine rings is 1. The standard InChI is InChI=1S/C13H8FN3O2/c14-8-4-1-5-9(15)11(8)17-12(18)7-3-2-6-16-10(7)13(17)19/h1-6H,15H2. The van der Waals surface area contributed by atoms with Gasteiger partial charge < -0.3 is 5.73 Å². The molecule has 0 spiro atoms. The normalized spacial score (nSPS) is 13.8. The van der Waals surface area contributed by atoms with Gasteiger partial charge in [0.2, 0.25) is 0 Å². The Morgan fingerprint density at radius 3 is 2.58 bits per heavy atom. The Bertz CT molecular complexity index is 660. The number of carbonyl (C=O) groups is 2. The zero-order chi connectivity index (χ0) is 13.6. The quantitative estimate of drug-likeness (QED) is 0.622. The molecule has 2 N–H and O–H groups in total. The Morgan fingerprint density at radius 2 is 1.89 bits per heavy atom. The minimum Gasteiger partial charge on any atom is -0.397 e. The molecule has 0 atom stereocenters. The number of hydrogen-bond donors (Lipinski definition) is 1. The van der Waals surface area contributed by atoms with Gasteiger partial charge in [-0.05, 0) is 24.3 Å². The second kappa shape index (κ2) is 3.88. The molecular formula is C13H8FN3O2. The first-order chi connectivity index (χ1) is 9.11. The molecule has 0 saturated heterocycles. The highest BCUT2D eigenvalue weighted by Gasteiger charge is 2.39. The van der Waals surface area contributed by atoms with E-state index >= 15 is 0 Å². The summed E-state index contributed by atoms with van der Waals surface area (Å²) in [6.45, 7) is 0. The fourth-order valence-electron chi connectivity index (χ4n) is 2.04. The van der Waals surface area contributed by atoms with Crippen molar-refractivity contribution in [1.82, 2.24) is 4.98 Å². The molecular weight excluding hydrogens is 249 g/mol. The van der Waals surface area contributed by atoms with Gasteiger partial charge in [0.1, 0.15) is 17.2 Å². The maximum absolute atomic E-state index is 13.8.